The Morgan fingerprint density at radius 2 is 1.55 bits per heavy atom. The summed E-state index contributed by atoms with van der Waals surface area (Å²) in [5.41, 5.74) is 8.41. The lowest BCUT2D eigenvalue weighted by molar-refractivity contribution is 0.220. The van der Waals surface area contributed by atoms with Crippen LogP contribution in [0.3, 0.4) is 0 Å². The van der Waals surface area contributed by atoms with Crippen LogP contribution in [0.1, 0.15) is 33.9 Å². The normalized spacial score (nSPS) is 13.5. The molecule has 0 aromatic heterocycles. The highest BCUT2D eigenvalue weighted by Crippen LogP contribution is 2.38. The van der Waals surface area contributed by atoms with Gasteiger partial charge in [0.2, 0.25) is 0 Å². The van der Waals surface area contributed by atoms with Crippen molar-refractivity contribution in [3.63, 3.8) is 0 Å². The Morgan fingerprint density at radius 3 is 2.41 bits per heavy atom. The maximum atomic E-state index is 10.7. The second-order valence-corrected chi connectivity index (χ2v) is 6.07. The van der Waals surface area contributed by atoms with Gasteiger partial charge in [0.25, 0.3) is 0 Å². The van der Waals surface area contributed by atoms with Gasteiger partial charge < -0.3 is 5.11 Å². The summed E-state index contributed by atoms with van der Waals surface area (Å²) in [7, 11) is 0. The van der Waals surface area contributed by atoms with Crippen molar-refractivity contribution in [2.45, 2.75) is 19.4 Å². The molecule has 1 aliphatic carbocycles. The predicted molar refractivity (Wildman–Crippen MR) is 89.9 cm³/mol. The van der Waals surface area contributed by atoms with Gasteiger partial charge in [-0.05, 0) is 46.7 Å². The summed E-state index contributed by atoms with van der Waals surface area (Å²) < 4.78 is 0. The van der Waals surface area contributed by atoms with Crippen molar-refractivity contribution in [1.29, 1.82) is 0 Å². The molecule has 0 amide bonds. The van der Waals surface area contributed by atoms with Crippen molar-refractivity contribution < 1.29 is 5.11 Å². The van der Waals surface area contributed by atoms with Crippen LogP contribution in [-0.2, 0) is 6.42 Å². The van der Waals surface area contributed by atoms with Crippen LogP contribution in [-0.4, -0.2) is 5.11 Å². The minimum Gasteiger partial charge on any atom is -0.384 e. The van der Waals surface area contributed by atoms with Gasteiger partial charge in [0, 0.05) is 0 Å². The van der Waals surface area contributed by atoms with Crippen LogP contribution in [0.15, 0.2) is 66.7 Å². The van der Waals surface area contributed by atoms with Crippen molar-refractivity contribution in [2.24, 2.45) is 0 Å². The summed E-state index contributed by atoms with van der Waals surface area (Å²) in [6, 6.07) is 23.0. The molecular weight excluding hydrogens is 268 g/mol. The van der Waals surface area contributed by atoms with E-state index < -0.39 is 6.10 Å². The van der Waals surface area contributed by atoms with Gasteiger partial charge in [-0.3, -0.25) is 0 Å². The Hall–Kier alpha value is -2.38. The highest BCUT2D eigenvalue weighted by molar-refractivity contribution is 5.77. The van der Waals surface area contributed by atoms with Crippen molar-refractivity contribution in [1.82, 2.24) is 0 Å². The van der Waals surface area contributed by atoms with Gasteiger partial charge in [0.15, 0.2) is 0 Å². The minimum atomic E-state index is -0.561. The first-order valence-corrected chi connectivity index (χ1v) is 7.68. The van der Waals surface area contributed by atoms with Gasteiger partial charge in [-0.2, -0.15) is 0 Å². The molecule has 108 valence electrons. The van der Waals surface area contributed by atoms with E-state index in [-0.39, 0.29) is 0 Å². The van der Waals surface area contributed by atoms with E-state index in [4.69, 9.17) is 0 Å². The van der Waals surface area contributed by atoms with Gasteiger partial charge in [-0.1, -0.05) is 72.3 Å². The SMILES string of the molecule is Cc1cccc([C@@H](O)c2ccc3c(c2)Cc2ccccc2-3)c1. The first-order chi connectivity index (χ1) is 10.7. The van der Waals surface area contributed by atoms with Crippen LogP contribution in [0.5, 0.6) is 0 Å². The van der Waals surface area contributed by atoms with Gasteiger partial charge in [0.1, 0.15) is 6.10 Å². The molecule has 0 saturated carbocycles. The molecule has 4 rings (SSSR count). The zero-order valence-electron chi connectivity index (χ0n) is 12.6. The van der Waals surface area contributed by atoms with E-state index in [1.54, 1.807) is 0 Å². The molecule has 1 aliphatic rings. The average molecular weight is 286 g/mol. The molecular formula is C21H18O. The lowest BCUT2D eigenvalue weighted by Gasteiger charge is -2.13. The Balaban J connectivity index is 1.73. The third-order valence-corrected chi connectivity index (χ3v) is 4.49. The highest BCUT2D eigenvalue weighted by atomic mass is 16.3. The predicted octanol–water partition coefficient (Wildman–Crippen LogP) is 4.65. The van der Waals surface area contributed by atoms with Crippen LogP contribution >= 0.6 is 0 Å². The molecule has 0 heterocycles. The summed E-state index contributed by atoms with van der Waals surface area (Å²) >= 11 is 0. The fourth-order valence-electron chi connectivity index (χ4n) is 3.37. The standard InChI is InChI=1S/C21H18O/c1-14-5-4-7-16(11-14)21(22)17-9-10-20-18(13-17)12-15-6-2-3-8-19(15)20/h2-11,13,21-22H,12H2,1H3/t21-/m1/s1. The molecule has 0 unspecified atom stereocenters. The summed E-state index contributed by atoms with van der Waals surface area (Å²) in [5.74, 6) is 0. The summed E-state index contributed by atoms with van der Waals surface area (Å²) in [5, 5.41) is 10.7. The maximum Gasteiger partial charge on any atom is 0.104 e. The lowest BCUT2D eigenvalue weighted by atomic mass is 9.96. The van der Waals surface area contributed by atoms with Gasteiger partial charge in [0.05, 0.1) is 0 Å². The molecule has 0 saturated heterocycles. The van der Waals surface area contributed by atoms with Crippen LogP contribution in [0.25, 0.3) is 11.1 Å². The molecule has 1 atom stereocenters. The summed E-state index contributed by atoms with van der Waals surface area (Å²) in [6.45, 7) is 2.05. The van der Waals surface area contributed by atoms with E-state index in [0.29, 0.717) is 0 Å². The Bertz CT molecular complexity index is 848. The lowest BCUT2D eigenvalue weighted by Crippen LogP contribution is -2.00. The van der Waals surface area contributed by atoms with E-state index in [1.165, 1.54) is 27.8 Å². The molecule has 0 radical (unpaired) electrons. The number of aliphatic hydroxyl groups is 1. The number of fused-ring (bicyclic) bond motifs is 3. The fraction of sp³-hybridized carbons (Fsp3) is 0.143. The van der Waals surface area contributed by atoms with E-state index in [1.807, 2.05) is 24.3 Å². The number of benzene rings is 3. The minimum absolute atomic E-state index is 0.561. The van der Waals surface area contributed by atoms with E-state index >= 15 is 0 Å². The van der Waals surface area contributed by atoms with Crippen molar-refractivity contribution in [3.05, 3.63) is 94.5 Å². The second-order valence-electron chi connectivity index (χ2n) is 6.07. The van der Waals surface area contributed by atoms with E-state index in [2.05, 4.69) is 49.4 Å². The average Bonchev–Trinajstić information content (AvgIpc) is 2.91. The third-order valence-electron chi connectivity index (χ3n) is 4.49. The summed E-state index contributed by atoms with van der Waals surface area (Å²) in [4.78, 5) is 0. The highest BCUT2D eigenvalue weighted by Gasteiger charge is 2.20. The smallest absolute Gasteiger partial charge is 0.104 e. The number of hydrogen-bond acceptors (Lipinski definition) is 1. The molecule has 3 aromatic carbocycles. The van der Waals surface area contributed by atoms with Crippen molar-refractivity contribution in [2.75, 3.05) is 0 Å². The van der Waals surface area contributed by atoms with Crippen LogP contribution in [0.2, 0.25) is 0 Å². The molecule has 3 aromatic rings. The molecule has 0 bridgehead atoms. The van der Waals surface area contributed by atoms with Crippen molar-refractivity contribution >= 4 is 0 Å². The fourth-order valence-corrected chi connectivity index (χ4v) is 3.37. The zero-order valence-corrected chi connectivity index (χ0v) is 12.6. The van der Waals surface area contributed by atoms with Crippen LogP contribution in [0.4, 0.5) is 0 Å². The Kier molecular flexibility index (Phi) is 3.09. The topological polar surface area (TPSA) is 20.2 Å². The molecule has 0 spiro atoms. The van der Waals surface area contributed by atoms with Crippen LogP contribution < -0.4 is 0 Å². The Morgan fingerprint density at radius 1 is 0.773 bits per heavy atom. The first kappa shape index (κ1) is 13.3. The third kappa shape index (κ3) is 2.15. The number of aryl methyl sites for hydroxylation is 1. The van der Waals surface area contributed by atoms with Gasteiger partial charge in [-0.15, -0.1) is 0 Å². The Labute approximate surface area is 130 Å². The number of aliphatic hydroxyl groups excluding tert-OH is 1. The van der Waals surface area contributed by atoms with Gasteiger partial charge >= 0.3 is 0 Å². The second kappa shape index (κ2) is 5.11. The molecule has 1 N–H and O–H groups in total. The first-order valence-electron chi connectivity index (χ1n) is 7.68. The molecule has 1 nitrogen and oxygen atoms in total. The molecule has 22 heavy (non-hydrogen) atoms. The molecule has 0 fully saturated rings. The number of hydrogen-bond donors (Lipinski definition) is 1. The van der Waals surface area contributed by atoms with E-state index in [9.17, 15) is 5.11 Å². The quantitative estimate of drug-likeness (QED) is 0.569. The molecule has 0 aliphatic heterocycles. The maximum absolute atomic E-state index is 10.7. The van der Waals surface area contributed by atoms with Crippen LogP contribution in [0, 0.1) is 6.92 Å². The largest absolute Gasteiger partial charge is 0.384 e. The zero-order chi connectivity index (χ0) is 15.1. The van der Waals surface area contributed by atoms with E-state index in [0.717, 1.165) is 17.5 Å². The van der Waals surface area contributed by atoms with Gasteiger partial charge in [-0.25, -0.2) is 0 Å². The van der Waals surface area contributed by atoms with Crippen molar-refractivity contribution in [3.8, 4) is 11.1 Å². The molecule has 1 heteroatoms. The monoisotopic (exact) mass is 286 g/mol. The number of rotatable bonds is 2. The summed E-state index contributed by atoms with van der Waals surface area (Å²) in [6.07, 6.45) is 0.397.